The average molecular weight is 432 g/mol. The van der Waals surface area contributed by atoms with Gasteiger partial charge in [0.15, 0.2) is 0 Å². The maximum Gasteiger partial charge on any atom is 0.259 e. The largest absolute Gasteiger partial charge is 0.466 e. The highest BCUT2D eigenvalue weighted by Crippen LogP contribution is 2.30. The molecule has 0 spiro atoms. The summed E-state index contributed by atoms with van der Waals surface area (Å²) in [6, 6.07) is 5.47. The molecule has 1 unspecified atom stereocenters. The number of anilines is 1. The summed E-state index contributed by atoms with van der Waals surface area (Å²) in [7, 11) is 0. The van der Waals surface area contributed by atoms with E-state index in [0.717, 1.165) is 36.5 Å². The SMILES string of the molecule is Cc1cc(-c2cc(C(=O)NC3CCCN(c4ncccn4)C3)c3c(C)noc3n2)c(C)o1. The van der Waals surface area contributed by atoms with Gasteiger partial charge in [-0.25, -0.2) is 15.0 Å². The van der Waals surface area contributed by atoms with Crippen LogP contribution in [0.2, 0.25) is 0 Å². The molecular weight excluding hydrogens is 408 g/mol. The van der Waals surface area contributed by atoms with Crippen LogP contribution in [0.5, 0.6) is 0 Å². The molecule has 1 aliphatic rings. The quantitative estimate of drug-likeness (QED) is 0.521. The van der Waals surface area contributed by atoms with E-state index < -0.39 is 0 Å². The molecule has 1 amide bonds. The Morgan fingerprint density at radius 2 is 2.00 bits per heavy atom. The molecule has 5 rings (SSSR count). The lowest BCUT2D eigenvalue weighted by Crippen LogP contribution is -2.48. The standard InChI is InChI=1S/C23H24N6O3/c1-13-10-17(15(3)31-13)19-11-18(20-14(2)28-32-22(20)27-19)21(30)26-16-6-4-9-29(12-16)23-24-7-5-8-25-23/h5,7-8,10-11,16H,4,6,9,12H2,1-3H3,(H,26,30). The van der Waals surface area contributed by atoms with Crippen molar-refractivity contribution in [3.8, 4) is 11.3 Å². The molecule has 5 heterocycles. The minimum Gasteiger partial charge on any atom is -0.466 e. The summed E-state index contributed by atoms with van der Waals surface area (Å²) in [5, 5.41) is 7.85. The van der Waals surface area contributed by atoms with Gasteiger partial charge >= 0.3 is 0 Å². The fourth-order valence-electron chi connectivity index (χ4n) is 4.29. The molecule has 4 aromatic heterocycles. The summed E-state index contributed by atoms with van der Waals surface area (Å²) in [4.78, 5) is 28.8. The van der Waals surface area contributed by atoms with Crippen molar-refractivity contribution in [2.45, 2.75) is 39.7 Å². The summed E-state index contributed by atoms with van der Waals surface area (Å²) in [6.07, 6.45) is 5.29. The van der Waals surface area contributed by atoms with Crippen molar-refractivity contribution >= 4 is 23.0 Å². The first-order valence-electron chi connectivity index (χ1n) is 10.7. The Morgan fingerprint density at radius 3 is 2.75 bits per heavy atom. The number of carbonyl (C=O) groups is 1. The molecule has 4 aromatic rings. The van der Waals surface area contributed by atoms with E-state index in [1.807, 2.05) is 26.8 Å². The number of fused-ring (bicyclic) bond motifs is 1. The number of rotatable bonds is 4. The molecule has 1 aliphatic heterocycles. The van der Waals surface area contributed by atoms with Crippen molar-refractivity contribution in [1.29, 1.82) is 0 Å². The number of nitrogens with zero attached hydrogens (tertiary/aromatic N) is 5. The van der Waals surface area contributed by atoms with Crippen LogP contribution in [-0.2, 0) is 0 Å². The van der Waals surface area contributed by atoms with E-state index in [0.29, 0.717) is 40.5 Å². The van der Waals surface area contributed by atoms with Gasteiger partial charge in [0.05, 0.1) is 22.3 Å². The summed E-state index contributed by atoms with van der Waals surface area (Å²) in [6.45, 7) is 7.09. The van der Waals surface area contributed by atoms with Crippen molar-refractivity contribution in [1.82, 2.24) is 25.4 Å². The number of carbonyl (C=O) groups excluding carboxylic acids is 1. The van der Waals surface area contributed by atoms with Crippen LogP contribution in [0.15, 0.2) is 39.5 Å². The second-order valence-electron chi connectivity index (χ2n) is 8.14. The number of hydrogen-bond acceptors (Lipinski definition) is 8. The highest BCUT2D eigenvalue weighted by Gasteiger charge is 2.26. The molecule has 0 aromatic carbocycles. The van der Waals surface area contributed by atoms with Gasteiger partial charge in [-0.2, -0.15) is 0 Å². The number of furan rings is 1. The maximum atomic E-state index is 13.4. The van der Waals surface area contributed by atoms with Crippen LogP contribution in [-0.4, -0.2) is 45.1 Å². The molecule has 0 aliphatic carbocycles. The van der Waals surface area contributed by atoms with Gasteiger partial charge in [0.25, 0.3) is 11.6 Å². The van der Waals surface area contributed by atoms with Gasteiger partial charge < -0.3 is 19.2 Å². The second kappa shape index (κ2) is 8.07. The van der Waals surface area contributed by atoms with Crippen LogP contribution < -0.4 is 10.2 Å². The Hall–Kier alpha value is -3.75. The number of hydrogen-bond donors (Lipinski definition) is 1. The van der Waals surface area contributed by atoms with E-state index in [4.69, 9.17) is 8.94 Å². The summed E-state index contributed by atoms with van der Waals surface area (Å²) in [5.74, 6) is 2.02. The van der Waals surface area contributed by atoms with Crippen LogP contribution >= 0.6 is 0 Å². The zero-order valence-corrected chi connectivity index (χ0v) is 18.3. The van der Waals surface area contributed by atoms with Gasteiger partial charge in [0.1, 0.15) is 11.5 Å². The summed E-state index contributed by atoms with van der Waals surface area (Å²) >= 11 is 0. The smallest absolute Gasteiger partial charge is 0.259 e. The molecule has 164 valence electrons. The molecule has 1 fully saturated rings. The molecule has 0 saturated carbocycles. The van der Waals surface area contributed by atoms with Crippen LogP contribution in [0.25, 0.3) is 22.4 Å². The Kier molecular flexibility index (Phi) is 5.08. The van der Waals surface area contributed by atoms with E-state index in [2.05, 4.69) is 30.3 Å². The van der Waals surface area contributed by atoms with Crippen molar-refractivity contribution in [2.24, 2.45) is 0 Å². The Labute approximate surface area is 184 Å². The zero-order chi connectivity index (χ0) is 22.2. The third-order valence-corrected chi connectivity index (χ3v) is 5.77. The van der Waals surface area contributed by atoms with Gasteiger partial charge in [-0.3, -0.25) is 4.79 Å². The molecule has 0 radical (unpaired) electrons. The normalized spacial score (nSPS) is 16.5. The molecule has 9 nitrogen and oxygen atoms in total. The first-order chi connectivity index (χ1) is 15.5. The predicted molar refractivity (Wildman–Crippen MR) is 118 cm³/mol. The second-order valence-corrected chi connectivity index (χ2v) is 8.14. The fourth-order valence-corrected chi connectivity index (χ4v) is 4.29. The third kappa shape index (κ3) is 3.70. The molecule has 1 N–H and O–H groups in total. The molecule has 0 bridgehead atoms. The minimum atomic E-state index is -0.177. The maximum absolute atomic E-state index is 13.4. The van der Waals surface area contributed by atoms with Crippen LogP contribution in [0.1, 0.15) is 40.4 Å². The highest BCUT2D eigenvalue weighted by atomic mass is 16.5. The molecule has 1 saturated heterocycles. The van der Waals surface area contributed by atoms with Crippen LogP contribution in [0.4, 0.5) is 5.95 Å². The summed E-state index contributed by atoms with van der Waals surface area (Å²) in [5.41, 5.74) is 2.92. The molecular formula is C23H24N6O3. The number of aryl methyl sites for hydroxylation is 3. The lowest BCUT2D eigenvalue weighted by molar-refractivity contribution is 0.0934. The van der Waals surface area contributed by atoms with E-state index >= 15 is 0 Å². The minimum absolute atomic E-state index is 0.0233. The lowest BCUT2D eigenvalue weighted by Gasteiger charge is -2.33. The van der Waals surface area contributed by atoms with Crippen molar-refractivity contribution in [2.75, 3.05) is 18.0 Å². The van der Waals surface area contributed by atoms with E-state index in [1.54, 1.807) is 24.5 Å². The highest BCUT2D eigenvalue weighted by molar-refractivity contribution is 6.07. The predicted octanol–water partition coefficient (Wildman–Crippen LogP) is 3.60. The topological polar surface area (TPSA) is 110 Å². The monoisotopic (exact) mass is 432 g/mol. The molecule has 32 heavy (non-hydrogen) atoms. The Bertz CT molecular complexity index is 1280. The van der Waals surface area contributed by atoms with Crippen LogP contribution in [0.3, 0.4) is 0 Å². The third-order valence-electron chi connectivity index (χ3n) is 5.77. The number of pyridine rings is 1. The number of aromatic nitrogens is 4. The Morgan fingerprint density at radius 1 is 1.19 bits per heavy atom. The summed E-state index contributed by atoms with van der Waals surface area (Å²) < 4.78 is 11.1. The van der Waals surface area contributed by atoms with Gasteiger partial charge in [-0.15, -0.1) is 0 Å². The average Bonchev–Trinajstić information content (AvgIpc) is 3.35. The number of piperidine rings is 1. The van der Waals surface area contributed by atoms with Crippen molar-refractivity contribution in [3.63, 3.8) is 0 Å². The van der Waals surface area contributed by atoms with Gasteiger partial charge in [0.2, 0.25) is 5.95 Å². The number of nitrogens with one attached hydrogen (secondary N) is 1. The van der Waals surface area contributed by atoms with Crippen LogP contribution in [0, 0.1) is 20.8 Å². The first kappa shape index (κ1) is 20.2. The Balaban J connectivity index is 1.45. The lowest BCUT2D eigenvalue weighted by atomic mass is 10.0. The van der Waals surface area contributed by atoms with Crippen molar-refractivity contribution < 1.29 is 13.7 Å². The number of amides is 1. The molecule has 9 heteroatoms. The first-order valence-corrected chi connectivity index (χ1v) is 10.7. The van der Waals surface area contributed by atoms with Crippen molar-refractivity contribution in [3.05, 3.63) is 53.4 Å². The van der Waals surface area contributed by atoms with Gasteiger partial charge in [0, 0.05) is 37.1 Å². The zero-order valence-electron chi connectivity index (χ0n) is 18.3. The molecule has 1 atom stereocenters. The van der Waals surface area contributed by atoms with E-state index in [-0.39, 0.29) is 11.9 Å². The fraction of sp³-hybridized carbons (Fsp3) is 0.348. The van der Waals surface area contributed by atoms with Gasteiger partial charge in [-0.05, 0) is 51.8 Å². The van der Waals surface area contributed by atoms with E-state index in [9.17, 15) is 4.79 Å². The van der Waals surface area contributed by atoms with E-state index in [1.165, 1.54) is 0 Å². The van der Waals surface area contributed by atoms with Gasteiger partial charge in [-0.1, -0.05) is 5.16 Å².